The van der Waals surface area contributed by atoms with Crippen LogP contribution < -0.4 is 0 Å². The summed E-state index contributed by atoms with van der Waals surface area (Å²) in [5, 5.41) is 0. The molecule has 0 unspecified atom stereocenters. The smallest absolute Gasteiger partial charge is 0.345 e. The zero-order chi connectivity index (χ0) is 8.10. The van der Waals surface area contributed by atoms with Gasteiger partial charge in [-0.1, -0.05) is 18.2 Å². The Hall–Kier alpha value is -1.38. The van der Waals surface area contributed by atoms with Gasteiger partial charge >= 0.3 is 12.4 Å². The Morgan fingerprint density at radius 2 is 2.36 bits per heavy atom. The molecule has 0 saturated heterocycles. The average Bonchev–Trinajstić information content (AvgIpc) is 2.07. The molecule has 0 aromatic carbocycles. The Morgan fingerprint density at radius 3 is 2.91 bits per heavy atom. The zero-order valence-electron chi connectivity index (χ0n) is 5.95. The molecule has 0 N–H and O–H groups in total. The maximum atomic E-state index is 10.8. The number of carbonyl (C=O) groups is 2. The standard InChI is InChI=1S/C8H8O3/c9-6-11-8(10)7-4-2-1-3-5-7/h2,4-6H,1,3H2. The minimum atomic E-state index is -0.573. The Bertz CT molecular complexity index is 225. The predicted molar refractivity (Wildman–Crippen MR) is 38.6 cm³/mol. The van der Waals surface area contributed by atoms with Gasteiger partial charge in [-0.05, 0) is 12.8 Å². The lowest BCUT2D eigenvalue weighted by molar-refractivity contribution is -0.147. The molecule has 0 atom stereocenters. The van der Waals surface area contributed by atoms with Crippen LogP contribution in [0.1, 0.15) is 12.8 Å². The summed E-state index contributed by atoms with van der Waals surface area (Å²) < 4.78 is 4.14. The summed E-state index contributed by atoms with van der Waals surface area (Å²) >= 11 is 0. The molecule has 0 aromatic heterocycles. The van der Waals surface area contributed by atoms with Crippen molar-refractivity contribution < 1.29 is 14.3 Å². The van der Waals surface area contributed by atoms with Gasteiger partial charge in [-0.3, -0.25) is 4.79 Å². The summed E-state index contributed by atoms with van der Waals surface area (Å²) in [5.41, 5.74) is 0.461. The molecule has 0 radical (unpaired) electrons. The molecule has 3 nitrogen and oxygen atoms in total. The van der Waals surface area contributed by atoms with Crippen LogP contribution in [0, 0.1) is 0 Å². The maximum absolute atomic E-state index is 10.8. The summed E-state index contributed by atoms with van der Waals surface area (Å²) in [7, 11) is 0. The maximum Gasteiger partial charge on any atom is 0.345 e. The number of rotatable bonds is 2. The monoisotopic (exact) mass is 152 g/mol. The lowest BCUT2D eigenvalue weighted by Crippen LogP contribution is -2.05. The Labute approximate surface area is 64.3 Å². The number of ether oxygens (including phenoxy) is 1. The largest absolute Gasteiger partial charge is 0.392 e. The molecule has 0 spiro atoms. The van der Waals surface area contributed by atoms with Gasteiger partial charge in [0.25, 0.3) is 0 Å². The highest BCUT2D eigenvalue weighted by Gasteiger charge is 2.08. The van der Waals surface area contributed by atoms with E-state index in [1.165, 1.54) is 0 Å². The molecule has 0 aromatic rings. The van der Waals surface area contributed by atoms with Gasteiger partial charge in [0.15, 0.2) is 0 Å². The van der Waals surface area contributed by atoms with E-state index in [9.17, 15) is 9.59 Å². The highest BCUT2D eigenvalue weighted by atomic mass is 16.6. The van der Waals surface area contributed by atoms with E-state index < -0.39 is 5.97 Å². The third-order valence-electron chi connectivity index (χ3n) is 1.39. The molecule has 1 aliphatic rings. The summed E-state index contributed by atoms with van der Waals surface area (Å²) in [6.07, 6.45) is 7.07. The molecule has 1 aliphatic carbocycles. The van der Waals surface area contributed by atoms with Crippen LogP contribution in [0.15, 0.2) is 23.8 Å². The van der Waals surface area contributed by atoms with E-state index in [-0.39, 0.29) is 6.47 Å². The quantitative estimate of drug-likeness (QED) is 0.336. The van der Waals surface area contributed by atoms with Gasteiger partial charge < -0.3 is 4.74 Å². The summed E-state index contributed by atoms with van der Waals surface area (Å²) in [4.78, 5) is 20.6. The van der Waals surface area contributed by atoms with Crippen molar-refractivity contribution in [2.45, 2.75) is 12.8 Å². The van der Waals surface area contributed by atoms with Gasteiger partial charge in [0.2, 0.25) is 0 Å². The first-order valence-corrected chi connectivity index (χ1v) is 3.36. The number of hydrogen-bond acceptors (Lipinski definition) is 3. The van der Waals surface area contributed by atoms with Crippen molar-refractivity contribution in [1.29, 1.82) is 0 Å². The van der Waals surface area contributed by atoms with Crippen molar-refractivity contribution in [2.75, 3.05) is 0 Å². The molecule has 58 valence electrons. The molecule has 3 heteroatoms. The van der Waals surface area contributed by atoms with Crippen LogP contribution in [-0.4, -0.2) is 12.4 Å². The molecule has 0 fully saturated rings. The molecule has 0 saturated carbocycles. The van der Waals surface area contributed by atoms with Crippen LogP contribution >= 0.6 is 0 Å². The summed E-state index contributed by atoms with van der Waals surface area (Å²) in [5.74, 6) is -0.573. The first-order valence-electron chi connectivity index (χ1n) is 3.36. The van der Waals surface area contributed by atoms with Gasteiger partial charge in [-0.2, -0.15) is 0 Å². The SMILES string of the molecule is O=COC(=O)C1=CCCC=C1. The predicted octanol–water partition coefficient (Wildman–Crippen LogP) is 0.962. The highest BCUT2D eigenvalue weighted by molar-refractivity contribution is 5.94. The van der Waals surface area contributed by atoms with Gasteiger partial charge in [0.1, 0.15) is 0 Å². The number of carbonyl (C=O) groups excluding carboxylic acids is 2. The number of hydrogen-bond donors (Lipinski definition) is 0. The van der Waals surface area contributed by atoms with Crippen LogP contribution in [0.4, 0.5) is 0 Å². The van der Waals surface area contributed by atoms with Crippen molar-refractivity contribution in [3.05, 3.63) is 23.8 Å². The first-order chi connectivity index (χ1) is 5.34. The van der Waals surface area contributed by atoms with Crippen LogP contribution in [0.5, 0.6) is 0 Å². The van der Waals surface area contributed by atoms with Crippen LogP contribution in [0.3, 0.4) is 0 Å². The van der Waals surface area contributed by atoms with E-state index in [0.29, 0.717) is 5.57 Å². The zero-order valence-corrected chi connectivity index (χ0v) is 5.95. The van der Waals surface area contributed by atoms with Crippen LogP contribution in [-0.2, 0) is 14.3 Å². The van der Waals surface area contributed by atoms with E-state index >= 15 is 0 Å². The fourth-order valence-electron chi connectivity index (χ4n) is 0.877. The minimum Gasteiger partial charge on any atom is -0.392 e. The number of esters is 1. The normalized spacial score (nSPS) is 15.5. The van der Waals surface area contributed by atoms with Crippen molar-refractivity contribution in [3.8, 4) is 0 Å². The minimum absolute atomic E-state index is 0.144. The first kappa shape index (κ1) is 7.72. The summed E-state index contributed by atoms with van der Waals surface area (Å²) in [6, 6.07) is 0. The van der Waals surface area contributed by atoms with Gasteiger partial charge in [0.05, 0.1) is 5.57 Å². The van der Waals surface area contributed by atoms with Crippen molar-refractivity contribution >= 4 is 12.4 Å². The van der Waals surface area contributed by atoms with Gasteiger partial charge in [0, 0.05) is 0 Å². The van der Waals surface area contributed by atoms with E-state index in [4.69, 9.17) is 0 Å². The molecule has 0 aliphatic heterocycles. The second kappa shape index (κ2) is 3.71. The van der Waals surface area contributed by atoms with E-state index in [2.05, 4.69) is 4.74 Å². The lowest BCUT2D eigenvalue weighted by Gasteiger charge is -2.01. The van der Waals surface area contributed by atoms with Crippen molar-refractivity contribution in [1.82, 2.24) is 0 Å². The second-order valence-corrected chi connectivity index (χ2v) is 2.14. The number of allylic oxidation sites excluding steroid dienone is 2. The topological polar surface area (TPSA) is 43.4 Å². The Kier molecular flexibility index (Phi) is 2.60. The van der Waals surface area contributed by atoms with E-state index in [1.54, 1.807) is 12.2 Å². The van der Waals surface area contributed by atoms with Crippen LogP contribution in [0.2, 0.25) is 0 Å². The van der Waals surface area contributed by atoms with Crippen molar-refractivity contribution in [3.63, 3.8) is 0 Å². The van der Waals surface area contributed by atoms with Crippen molar-refractivity contribution in [2.24, 2.45) is 0 Å². The van der Waals surface area contributed by atoms with Gasteiger partial charge in [-0.15, -0.1) is 0 Å². The van der Waals surface area contributed by atoms with Crippen LogP contribution in [0.25, 0.3) is 0 Å². The van der Waals surface area contributed by atoms with Gasteiger partial charge in [-0.25, -0.2) is 4.79 Å². The Morgan fingerprint density at radius 1 is 1.55 bits per heavy atom. The average molecular weight is 152 g/mol. The molecule has 1 rings (SSSR count). The molecular formula is C8H8O3. The fourth-order valence-corrected chi connectivity index (χ4v) is 0.877. The van der Waals surface area contributed by atoms with E-state index in [0.717, 1.165) is 12.8 Å². The molecule has 0 heterocycles. The molecular weight excluding hydrogens is 144 g/mol. The molecule has 0 bridgehead atoms. The lowest BCUT2D eigenvalue weighted by atomic mass is 10.1. The third-order valence-corrected chi connectivity index (χ3v) is 1.39. The molecule has 0 amide bonds. The summed E-state index contributed by atoms with van der Waals surface area (Å²) in [6.45, 7) is 0.144. The highest BCUT2D eigenvalue weighted by Crippen LogP contribution is 2.10. The molecule has 11 heavy (non-hydrogen) atoms. The fraction of sp³-hybridized carbons (Fsp3) is 0.250. The Balaban J connectivity index is 2.59. The second-order valence-electron chi connectivity index (χ2n) is 2.14. The third kappa shape index (κ3) is 2.04. The van der Waals surface area contributed by atoms with E-state index in [1.807, 2.05) is 6.08 Å².